The summed E-state index contributed by atoms with van der Waals surface area (Å²) in [5.41, 5.74) is 2.69. The predicted octanol–water partition coefficient (Wildman–Crippen LogP) is -0.751. The molecule has 0 bridgehead atoms. The van der Waals surface area contributed by atoms with Crippen LogP contribution in [0.1, 0.15) is 32.6 Å². The lowest BCUT2D eigenvalue weighted by Crippen LogP contribution is -3.13. The molecule has 0 aromatic carbocycles. The van der Waals surface area contributed by atoms with Crippen LogP contribution < -0.4 is 16.5 Å². The molecule has 1 aliphatic rings. The summed E-state index contributed by atoms with van der Waals surface area (Å²) in [6.07, 6.45) is 4.05. The van der Waals surface area contributed by atoms with Crippen molar-refractivity contribution in [2.45, 2.75) is 38.6 Å². The second-order valence-electron chi connectivity index (χ2n) is 4.58. The van der Waals surface area contributed by atoms with E-state index in [1.54, 1.807) is 14.1 Å². The van der Waals surface area contributed by atoms with Crippen molar-refractivity contribution in [3.8, 4) is 0 Å². The summed E-state index contributed by atoms with van der Waals surface area (Å²) >= 11 is 0. The fourth-order valence-electron chi connectivity index (χ4n) is 1.80. The van der Waals surface area contributed by atoms with Crippen molar-refractivity contribution >= 4 is 0 Å². The van der Waals surface area contributed by atoms with Crippen molar-refractivity contribution in [1.82, 2.24) is 5.43 Å². The maximum absolute atomic E-state index is 11.7. The lowest BCUT2D eigenvalue weighted by Gasteiger charge is -2.34. The summed E-state index contributed by atoms with van der Waals surface area (Å²) in [7, 11) is 3.24. The van der Waals surface area contributed by atoms with Crippen LogP contribution in [-0.2, 0) is 4.94 Å². The van der Waals surface area contributed by atoms with Gasteiger partial charge in [0, 0.05) is 29.7 Å². The Hall–Kier alpha value is -0.240. The molecule has 6 heteroatoms. The van der Waals surface area contributed by atoms with Crippen LogP contribution >= 0.6 is 0 Å². The van der Waals surface area contributed by atoms with Gasteiger partial charge in [-0.1, -0.05) is 6.92 Å². The van der Waals surface area contributed by atoms with Crippen LogP contribution in [0.4, 0.5) is 0 Å². The first kappa shape index (κ1) is 12.8. The summed E-state index contributed by atoms with van der Waals surface area (Å²) in [4.78, 5) is 4.72. The Morgan fingerprint density at radius 3 is 2.40 bits per heavy atom. The van der Waals surface area contributed by atoms with E-state index in [4.69, 9.17) is 10.8 Å². The monoisotopic (exact) mass is 219 g/mol. The lowest BCUT2D eigenvalue weighted by atomic mass is 9.88. The van der Waals surface area contributed by atoms with Gasteiger partial charge in [0.25, 0.3) is 0 Å². The zero-order valence-corrected chi connectivity index (χ0v) is 9.82. The van der Waals surface area contributed by atoms with Crippen LogP contribution in [0.2, 0.25) is 0 Å². The molecule has 0 aromatic rings. The molecule has 0 amide bonds. The molecule has 0 saturated heterocycles. The number of quaternary nitrogens is 2. The summed E-state index contributed by atoms with van der Waals surface area (Å²) in [6, 6.07) is 0.0237. The molecule has 4 N–H and O–H groups in total. The van der Waals surface area contributed by atoms with Gasteiger partial charge in [-0.05, 0) is 18.8 Å². The van der Waals surface area contributed by atoms with Gasteiger partial charge < -0.3 is 5.21 Å². The van der Waals surface area contributed by atoms with Gasteiger partial charge in [0.1, 0.15) is 13.1 Å². The number of rotatable bonds is 4. The summed E-state index contributed by atoms with van der Waals surface area (Å²) in [6.45, 7) is 2.22. The Morgan fingerprint density at radius 1 is 1.40 bits per heavy atom. The zero-order chi connectivity index (χ0) is 11.5. The summed E-state index contributed by atoms with van der Waals surface area (Å²) in [5.74, 6) is 6.37. The average molecular weight is 219 g/mol. The first-order valence-electron chi connectivity index (χ1n) is 5.52. The lowest BCUT2D eigenvalue weighted by molar-refractivity contribution is -1.35. The van der Waals surface area contributed by atoms with E-state index in [9.17, 15) is 5.21 Å². The normalized spacial score (nSPS) is 33.4. The highest BCUT2D eigenvalue weighted by molar-refractivity contribution is 4.67. The van der Waals surface area contributed by atoms with Crippen molar-refractivity contribution in [3.05, 3.63) is 5.21 Å². The Labute approximate surface area is 91.0 Å². The number of hydroxylamine groups is 3. The molecule has 1 fully saturated rings. The highest BCUT2D eigenvalue weighted by Crippen LogP contribution is 2.21. The molecular weight excluding hydrogens is 196 g/mol. The van der Waals surface area contributed by atoms with E-state index >= 15 is 0 Å². The predicted molar refractivity (Wildman–Crippen MR) is 56.3 cm³/mol. The van der Waals surface area contributed by atoms with Gasteiger partial charge >= 0.3 is 0 Å². The molecular formula is C9H23N4O2+. The standard InChI is InChI=1S/C9H23N4O2/c1-8-4-6-9(7-5-8)12(14)15-13(3,10)11-2/h8-9,11-12H,4-7,10H2,1-3H3/q+1. The molecule has 1 rings (SSSR count). The molecule has 1 aliphatic carbocycles. The average Bonchev–Trinajstić information content (AvgIpc) is 2.18. The van der Waals surface area contributed by atoms with Crippen molar-refractivity contribution in [1.29, 1.82) is 0 Å². The van der Waals surface area contributed by atoms with Crippen LogP contribution in [0.25, 0.3) is 0 Å². The molecule has 0 heterocycles. The third-order valence-electron chi connectivity index (χ3n) is 3.07. The van der Waals surface area contributed by atoms with Crippen molar-refractivity contribution in [3.63, 3.8) is 0 Å². The molecule has 2 atom stereocenters. The maximum Gasteiger partial charge on any atom is 0.144 e. The van der Waals surface area contributed by atoms with Gasteiger partial charge in [0.15, 0.2) is 0 Å². The van der Waals surface area contributed by atoms with Gasteiger partial charge in [-0.3, -0.25) is 0 Å². The Balaban J connectivity index is 2.37. The van der Waals surface area contributed by atoms with Crippen molar-refractivity contribution in [2.75, 3.05) is 14.1 Å². The van der Waals surface area contributed by atoms with Crippen LogP contribution in [0, 0.1) is 11.1 Å². The highest BCUT2D eigenvalue weighted by atomic mass is 17.0. The quantitative estimate of drug-likeness (QED) is 0.330. The van der Waals surface area contributed by atoms with Gasteiger partial charge in [0.2, 0.25) is 0 Å². The van der Waals surface area contributed by atoms with Crippen molar-refractivity contribution in [2.24, 2.45) is 11.8 Å². The fraction of sp³-hybridized carbons (Fsp3) is 1.00. The van der Waals surface area contributed by atoms with Crippen LogP contribution in [-0.4, -0.2) is 25.0 Å². The third-order valence-corrected chi connectivity index (χ3v) is 3.07. The number of nitrogens with two attached hydrogens (primary N) is 1. The third kappa shape index (κ3) is 4.02. The second-order valence-corrected chi connectivity index (χ2v) is 4.58. The van der Waals surface area contributed by atoms with E-state index in [0.717, 1.165) is 31.6 Å². The van der Waals surface area contributed by atoms with E-state index in [2.05, 4.69) is 12.3 Å². The topological polar surface area (TPSA) is 74.8 Å². The van der Waals surface area contributed by atoms with Gasteiger partial charge in [-0.2, -0.15) is 5.23 Å². The molecule has 0 aromatic heterocycles. The molecule has 0 spiro atoms. The molecule has 15 heavy (non-hydrogen) atoms. The molecule has 0 aliphatic heterocycles. The van der Waals surface area contributed by atoms with E-state index in [1.807, 2.05) is 0 Å². The van der Waals surface area contributed by atoms with E-state index in [1.165, 1.54) is 0 Å². The van der Waals surface area contributed by atoms with Crippen LogP contribution in [0.5, 0.6) is 0 Å². The largest absolute Gasteiger partial charge is 0.595 e. The molecule has 6 nitrogen and oxygen atoms in total. The van der Waals surface area contributed by atoms with Crippen molar-refractivity contribution < 1.29 is 15.0 Å². The molecule has 90 valence electrons. The Morgan fingerprint density at radius 2 is 1.93 bits per heavy atom. The Bertz CT molecular complexity index is 193. The van der Waals surface area contributed by atoms with Crippen LogP contribution in [0.15, 0.2) is 0 Å². The summed E-state index contributed by atoms with van der Waals surface area (Å²) < 4.78 is 0. The van der Waals surface area contributed by atoms with Gasteiger partial charge in [-0.25, -0.2) is 0 Å². The minimum absolute atomic E-state index is 0.0237. The minimum Gasteiger partial charge on any atom is -0.595 e. The smallest absolute Gasteiger partial charge is 0.144 e. The first-order chi connectivity index (χ1) is 6.94. The Kier molecular flexibility index (Phi) is 4.45. The molecule has 1 saturated carbocycles. The highest BCUT2D eigenvalue weighted by Gasteiger charge is 2.30. The molecule has 0 radical (unpaired) electrons. The number of nitrogens with zero attached hydrogens (tertiary/aromatic N) is 1. The van der Waals surface area contributed by atoms with E-state index < -0.39 is 4.86 Å². The molecule has 2 unspecified atom stereocenters. The fourth-order valence-corrected chi connectivity index (χ4v) is 1.80. The summed E-state index contributed by atoms with van der Waals surface area (Å²) in [5, 5.41) is 11.5. The zero-order valence-electron chi connectivity index (χ0n) is 9.82. The SMILES string of the molecule is CN[N+](C)(N)O[NH+]([O-])C1CCC(C)CC1. The first-order valence-corrected chi connectivity index (χ1v) is 5.52. The number of nitrogens with one attached hydrogen (secondary N) is 2. The maximum atomic E-state index is 11.7. The second kappa shape index (κ2) is 5.20. The number of hydrogen-bond acceptors (Lipinski definition) is 4. The van der Waals surface area contributed by atoms with Crippen LogP contribution in [0.3, 0.4) is 0 Å². The van der Waals surface area contributed by atoms with Gasteiger partial charge in [-0.15, -0.1) is 11.3 Å². The minimum atomic E-state index is -0.412. The van der Waals surface area contributed by atoms with Gasteiger partial charge in [0.05, 0.1) is 0 Å². The number of hydrogen-bond donors (Lipinski definition) is 3. The van der Waals surface area contributed by atoms with E-state index in [0.29, 0.717) is 0 Å². The van der Waals surface area contributed by atoms with E-state index in [-0.39, 0.29) is 11.3 Å².